The normalized spacial score (nSPS) is 15.8. The number of rotatable bonds is 7. The second kappa shape index (κ2) is 15.8. The molecule has 1 saturated carbocycles. The summed E-state index contributed by atoms with van der Waals surface area (Å²) >= 11 is 4.60. The van der Waals surface area contributed by atoms with E-state index in [0.29, 0.717) is 16.2 Å². The standard InChI is InChI=1S/C17H19F3N4O2.C7H7NS.C7H8/c1-21-8-13(25)22-15-16(26)24(9-17(18,19)20)12-5-3-2-4-11(12)14(23-15)10-6-7-10;9-6-8-7-4-2-1-3-5-7;1-7-5-3-2-4-6-7/h2-5,10,15,21H,6-9H2,1H3,(H,22,25);1-6H,(H,8,9);2-6H,1H3. The third-order valence-electron chi connectivity index (χ3n) is 6.12. The van der Waals surface area contributed by atoms with Gasteiger partial charge >= 0.3 is 6.18 Å². The number of alkyl halides is 3. The zero-order valence-corrected chi connectivity index (χ0v) is 24.2. The third-order valence-corrected chi connectivity index (χ3v) is 6.23. The van der Waals surface area contributed by atoms with Crippen molar-refractivity contribution in [2.24, 2.45) is 10.9 Å². The molecule has 5 rings (SSSR count). The van der Waals surface area contributed by atoms with Crippen LogP contribution in [0.3, 0.4) is 0 Å². The van der Waals surface area contributed by atoms with Crippen LogP contribution in [-0.4, -0.2) is 55.5 Å². The molecule has 11 heteroatoms. The molecule has 0 radical (unpaired) electrons. The molecule has 1 fully saturated rings. The molecule has 0 spiro atoms. The quantitative estimate of drug-likeness (QED) is 0.313. The Balaban J connectivity index is 0.000000244. The Morgan fingerprint density at radius 1 is 1.00 bits per heavy atom. The average molecular weight is 598 g/mol. The number of thiocarbonyl (C=S) groups is 1. The topological polar surface area (TPSA) is 85.8 Å². The number of halogens is 3. The van der Waals surface area contributed by atoms with Crippen molar-refractivity contribution < 1.29 is 22.8 Å². The Hall–Kier alpha value is -4.09. The van der Waals surface area contributed by atoms with Gasteiger partial charge in [-0.05, 0) is 45.0 Å². The second-order valence-electron chi connectivity index (χ2n) is 9.63. The molecule has 222 valence electrons. The van der Waals surface area contributed by atoms with Crippen LogP contribution in [0, 0.1) is 12.8 Å². The highest BCUT2D eigenvalue weighted by Gasteiger charge is 2.41. The number of aryl methyl sites for hydroxylation is 1. The Bertz CT molecular complexity index is 1350. The summed E-state index contributed by atoms with van der Waals surface area (Å²) in [5, 5.41) is 7.96. The molecular formula is C31H34F3N5O2S. The SMILES string of the molecule is CNCC(=O)NC1N=C(C2CC2)c2ccccc2N(CC(F)(F)F)C1=O.Cc1ccccc1.S=CNc1ccccc1. The van der Waals surface area contributed by atoms with Crippen LogP contribution in [0.4, 0.5) is 24.5 Å². The lowest BCUT2D eigenvalue weighted by molar-refractivity contribution is -0.134. The summed E-state index contributed by atoms with van der Waals surface area (Å²) < 4.78 is 39.3. The fraction of sp³-hybridized carbons (Fsp3) is 0.290. The number of benzene rings is 3. The molecule has 3 aromatic rings. The highest BCUT2D eigenvalue weighted by Crippen LogP contribution is 2.38. The predicted molar refractivity (Wildman–Crippen MR) is 165 cm³/mol. The van der Waals surface area contributed by atoms with Gasteiger partial charge < -0.3 is 16.0 Å². The van der Waals surface area contributed by atoms with E-state index in [2.05, 4.69) is 52.2 Å². The highest BCUT2D eigenvalue weighted by molar-refractivity contribution is 7.79. The number of benzodiazepines with no additional fused rings is 1. The average Bonchev–Trinajstić information content (AvgIpc) is 3.81. The molecule has 0 saturated heterocycles. The van der Waals surface area contributed by atoms with Gasteiger partial charge in [0, 0.05) is 17.2 Å². The van der Waals surface area contributed by atoms with Crippen molar-refractivity contribution in [3.8, 4) is 0 Å². The number of nitrogens with one attached hydrogen (secondary N) is 3. The van der Waals surface area contributed by atoms with Crippen LogP contribution in [-0.2, 0) is 9.59 Å². The van der Waals surface area contributed by atoms with E-state index in [1.165, 1.54) is 17.1 Å². The number of hydrogen-bond donors (Lipinski definition) is 3. The molecule has 1 aliphatic heterocycles. The van der Waals surface area contributed by atoms with Crippen LogP contribution in [0.1, 0.15) is 24.0 Å². The van der Waals surface area contributed by atoms with Crippen molar-refractivity contribution in [2.45, 2.75) is 32.1 Å². The molecular weight excluding hydrogens is 563 g/mol. The summed E-state index contributed by atoms with van der Waals surface area (Å²) in [6.45, 7) is 0.582. The van der Waals surface area contributed by atoms with Crippen LogP contribution in [0.2, 0.25) is 0 Å². The fourth-order valence-corrected chi connectivity index (χ4v) is 4.21. The summed E-state index contributed by atoms with van der Waals surface area (Å²) in [7, 11) is 1.55. The first-order chi connectivity index (χ1) is 20.1. The van der Waals surface area contributed by atoms with Gasteiger partial charge in [-0.25, -0.2) is 0 Å². The fourth-order valence-electron chi connectivity index (χ4n) is 4.08. The van der Waals surface area contributed by atoms with Crippen molar-refractivity contribution in [1.29, 1.82) is 0 Å². The number of hydrogen-bond acceptors (Lipinski definition) is 5. The minimum absolute atomic E-state index is 0.0652. The number of likely N-dealkylation sites (N-methyl/N-ethyl adjacent to an activating group) is 1. The largest absolute Gasteiger partial charge is 0.406 e. The zero-order valence-electron chi connectivity index (χ0n) is 23.4. The number of amides is 2. The molecule has 1 unspecified atom stereocenters. The molecule has 0 aromatic heterocycles. The first-order valence-electron chi connectivity index (χ1n) is 13.4. The van der Waals surface area contributed by atoms with E-state index >= 15 is 0 Å². The maximum Gasteiger partial charge on any atom is 0.406 e. The smallest absolute Gasteiger partial charge is 0.353 e. The number of carbonyl (C=O) groups excluding carboxylic acids is 2. The molecule has 1 aliphatic carbocycles. The molecule has 2 aliphatic rings. The van der Waals surface area contributed by atoms with E-state index < -0.39 is 30.7 Å². The van der Waals surface area contributed by atoms with Crippen molar-refractivity contribution in [3.63, 3.8) is 0 Å². The van der Waals surface area contributed by atoms with Crippen molar-refractivity contribution >= 4 is 46.6 Å². The van der Waals surface area contributed by atoms with Gasteiger partial charge in [0.2, 0.25) is 12.1 Å². The lowest BCUT2D eigenvalue weighted by Crippen LogP contribution is -2.51. The molecule has 1 atom stereocenters. The third kappa shape index (κ3) is 10.4. The van der Waals surface area contributed by atoms with Gasteiger partial charge in [0.1, 0.15) is 6.54 Å². The number of fused-ring (bicyclic) bond motifs is 1. The zero-order chi connectivity index (χ0) is 30.5. The second-order valence-corrected chi connectivity index (χ2v) is 9.86. The molecule has 3 N–H and O–H groups in total. The van der Waals surface area contributed by atoms with Crippen LogP contribution < -0.4 is 20.9 Å². The number of aliphatic imine (C=N–C) groups is 1. The molecule has 3 aromatic carbocycles. The Kier molecular flexibility index (Phi) is 12.2. The van der Waals surface area contributed by atoms with Crippen molar-refractivity contribution in [1.82, 2.24) is 10.6 Å². The van der Waals surface area contributed by atoms with Gasteiger partial charge in [0.25, 0.3) is 5.91 Å². The van der Waals surface area contributed by atoms with E-state index in [1.807, 2.05) is 48.5 Å². The predicted octanol–water partition coefficient (Wildman–Crippen LogP) is 5.51. The van der Waals surface area contributed by atoms with E-state index in [0.717, 1.165) is 18.5 Å². The summed E-state index contributed by atoms with van der Waals surface area (Å²) in [6.07, 6.45) is -4.23. The van der Waals surface area contributed by atoms with Crippen molar-refractivity contribution in [3.05, 3.63) is 96.1 Å². The van der Waals surface area contributed by atoms with Gasteiger partial charge in [0.15, 0.2) is 0 Å². The number of nitrogens with zero attached hydrogens (tertiary/aromatic N) is 2. The molecule has 7 nitrogen and oxygen atoms in total. The van der Waals surface area contributed by atoms with E-state index in [-0.39, 0.29) is 18.2 Å². The molecule has 1 heterocycles. The van der Waals surface area contributed by atoms with Crippen molar-refractivity contribution in [2.75, 3.05) is 30.4 Å². The molecule has 0 bridgehead atoms. The number of para-hydroxylation sites is 2. The number of anilines is 2. The summed E-state index contributed by atoms with van der Waals surface area (Å²) in [4.78, 5) is 29.7. The van der Waals surface area contributed by atoms with Crippen LogP contribution >= 0.6 is 12.2 Å². The highest BCUT2D eigenvalue weighted by atomic mass is 32.1. The Morgan fingerprint density at radius 3 is 2.12 bits per heavy atom. The van der Waals surface area contributed by atoms with E-state index in [4.69, 9.17) is 0 Å². The van der Waals surface area contributed by atoms with Crippen LogP contribution in [0.25, 0.3) is 0 Å². The van der Waals surface area contributed by atoms with Crippen LogP contribution in [0.5, 0.6) is 0 Å². The van der Waals surface area contributed by atoms with E-state index in [9.17, 15) is 22.8 Å². The van der Waals surface area contributed by atoms with Gasteiger partial charge in [-0.2, -0.15) is 13.2 Å². The Morgan fingerprint density at radius 2 is 1.60 bits per heavy atom. The van der Waals surface area contributed by atoms with Gasteiger partial charge in [-0.15, -0.1) is 0 Å². The molecule has 42 heavy (non-hydrogen) atoms. The minimum atomic E-state index is -4.58. The van der Waals surface area contributed by atoms with Gasteiger partial charge in [0.05, 0.1) is 23.4 Å². The Labute approximate surface area is 249 Å². The lowest BCUT2D eigenvalue weighted by Gasteiger charge is -2.26. The molecule has 2 amide bonds. The summed E-state index contributed by atoms with van der Waals surface area (Å²) in [6, 6.07) is 26.5. The van der Waals surface area contributed by atoms with Gasteiger partial charge in [-0.1, -0.05) is 84.5 Å². The van der Waals surface area contributed by atoms with Crippen LogP contribution in [0.15, 0.2) is 89.9 Å². The maximum absolute atomic E-state index is 13.1. The minimum Gasteiger partial charge on any atom is -0.353 e. The first kappa shape index (κ1) is 32.4. The first-order valence-corrected chi connectivity index (χ1v) is 13.9. The maximum atomic E-state index is 13.1. The monoisotopic (exact) mass is 597 g/mol. The van der Waals surface area contributed by atoms with Gasteiger partial charge in [-0.3, -0.25) is 19.5 Å². The summed E-state index contributed by atoms with van der Waals surface area (Å²) in [5.74, 6) is -1.31. The number of carbonyl (C=O) groups is 2. The van der Waals surface area contributed by atoms with E-state index in [1.54, 1.807) is 25.2 Å². The lowest BCUT2D eigenvalue weighted by atomic mass is 10.0. The summed E-state index contributed by atoms with van der Waals surface area (Å²) in [5.41, 5.74) is 5.11.